The van der Waals surface area contributed by atoms with Gasteiger partial charge in [0.15, 0.2) is 0 Å². The molecule has 0 aromatic heterocycles. The topological polar surface area (TPSA) is 27.0 Å². The van der Waals surface area contributed by atoms with Crippen molar-refractivity contribution in [3.8, 4) is 6.07 Å². The molecule has 0 N–H and O–H groups in total. The Morgan fingerprint density at radius 2 is 1.52 bits per heavy atom. The Kier molecular flexibility index (Phi) is 10.7. The first-order valence-electron chi connectivity index (χ1n) is 11.4. The van der Waals surface area contributed by atoms with Crippen LogP contribution in [0.15, 0.2) is 54.6 Å². The van der Waals surface area contributed by atoms with Gasteiger partial charge in [-0.15, -0.1) is 0 Å². The molecule has 0 spiro atoms. The van der Waals surface area contributed by atoms with E-state index < -0.39 is 18.3 Å². The number of hydrogen-bond acceptors (Lipinski definition) is 2. The molecule has 1 aliphatic carbocycles. The lowest BCUT2D eigenvalue weighted by molar-refractivity contribution is 0.124. The Bertz CT molecular complexity index is 775. The molecule has 2 nitrogen and oxygen atoms in total. The first kappa shape index (κ1) is 25.0. The van der Waals surface area contributed by atoms with Crippen LogP contribution in [0.5, 0.6) is 0 Å². The highest BCUT2D eigenvalue weighted by atomic mass is 19.1. The minimum Gasteiger partial charge on any atom is -0.303 e. The average Bonchev–Trinajstić information content (AvgIpc) is 2.78. The summed E-state index contributed by atoms with van der Waals surface area (Å²) in [5.74, 6) is -0.578. The van der Waals surface area contributed by atoms with E-state index in [1.807, 2.05) is 12.1 Å². The molecule has 0 radical (unpaired) electrons. The number of nitriles is 1. The van der Waals surface area contributed by atoms with Crippen LogP contribution in [0, 0.1) is 11.3 Å². The van der Waals surface area contributed by atoms with Crippen LogP contribution in [0.4, 0.5) is 8.78 Å². The Hall–Kier alpha value is -2.25. The summed E-state index contributed by atoms with van der Waals surface area (Å²) >= 11 is 0. The van der Waals surface area contributed by atoms with E-state index in [-0.39, 0.29) is 0 Å². The Labute approximate surface area is 186 Å². The minimum atomic E-state index is -1.05. The van der Waals surface area contributed by atoms with E-state index in [0.29, 0.717) is 25.3 Å². The zero-order chi connectivity index (χ0) is 22.6. The number of alkyl halides is 2. The summed E-state index contributed by atoms with van der Waals surface area (Å²) in [4.78, 5) is 2.41. The van der Waals surface area contributed by atoms with Crippen molar-refractivity contribution < 1.29 is 8.78 Å². The van der Waals surface area contributed by atoms with Crippen molar-refractivity contribution >= 4 is 0 Å². The molecular formula is C27H36F2N2. The first-order valence-corrected chi connectivity index (χ1v) is 11.4. The van der Waals surface area contributed by atoms with Crippen molar-refractivity contribution in [2.45, 2.75) is 76.7 Å². The van der Waals surface area contributed by atoms with Crippen LogP contribution in [0.1, 0.15) is 62.1 Å². The minimum absolute atomic E-state index is 0.486. The molecule has 1 saturated carbocycles. The van der Waals surface area contributed by atoms with Crippen LogP contribution in [-0.4, -0.2) is 36.9 Å². The van der Waals surface area contributed by atoms with E-state index in [0.717, 1.165) is 31.4 Å². The monoisotopic (exact) mass is 426 g/mol. The van der Waals surface area contributed by atoms with Gasteiger partial charge in [0.05, 0.1) is 6.07 Å². The summed E-state index contributed by atoms with van der Waals surface area (Å²) in [6.45, 7) is 4.74. The fourth-order valence-corrected chi connectivity index (χ4v) is 4.18. The van der Waals surface area contributed by atoms with Crippen molar-refractivity contribution in [2.75, 3.05) is 13.6 Å². The van der Waals surface area contributed by atoms with Gasteiger partial charge in [-0.25, -0.2) is 8.78 Å². The number of rotatable bonds is 8. The zero-order valence-corrected chi connectivity index (χ0v) is 19.1. The SMILES string of the molecule is CC#N.CC(CCc1ccc(C2C(F)CCCC2F)cc1)N(C)CCc1ccccc1. The van der Waals surface area contributed by atoms with E-state index in [1.54, 1.807) is 6.07 Å². The summed E-state index contributed by atoms with van der Waals surface area (Å²) < 4.78 is 28.4. The highest BCUT2D eigenvalue weighted by molar-refractivity contribution is 5.28. The number of likely N-dealkylation sites (N-methyl/N-ethyl adjacent to an activating group) is 1. The maximum absolute atomic E-state index is 14.2. The van der Waals surface area contributed by atoms with E-state index in [2.05, 4.69) is 61.3 Å². The molecule has 3 atom stereocenters. The molecule has 4 heteroatoms. The summed E-state index contributed by atoms with van der Waals surface area (Å²) in [5.41, 5.74) is 3.43. The summed E-state index contributed by atoms with van der Waals surface area (Å²) in [5, 5.41) is 7.32. The molecule has 1 fully saturated rings. The molecule has 2 aromatic carbocycles. The maximum atomic E-state index is 14.2. The third-order valence-corrected chi connectivity index (χ3v) is 6.30. The highest BCUT2D eigenvalue weighted by Gasteiger charge is 2.34. The predicted octanol–water partition coefficient (Wildman–Crippen LogP) is 6.66. The number of aryl methyl sites for hydroxylation is 1. The summed E-state index contributed by atoms with van der Waals surface area (Å²) in [6, 6.07) is 20.8. The Morgan fingerprint density at radius 1 is 0.968 bits per heavy atom. The van der Waals surface area contributed by atoms with Gasteiger partial charge in [0.2, 0.25) is 0 Å². The predicted molar refractivity (Wildman–Crippen MR) is 125 cm³/mol. The molecule has 0 aliphatic heterocycles. The molecule has 0 amide bonds. The second kappa shape index (κ2) is 13.2. The normalized spacial score (nSPS) is 21.6. The molecule has 0 heterocycles. The van der Waals surface area contributed by atoms with Crippen molar-refractivity contribution in [1.82, 2.24) is 4.90 Å². The van der Waals surface area contributed by atoms with Gasteiger partial charge in [-0.05, 0) is 69.2 Å². The highest BCUT2D eigenvalue weighted by Crippen LogP contribution is 2.37. The van der Waals surface area contributed by atoms with Gasteiger partial charge >= 0.3 is 0 Å². The lowest BCUT2D eigenvalue weighted by atomic mass is 9.81. The lowest BCUT2D eigenvalue weighted by Gasteiger charge is -2.29. The molecule has 168 valence electrons. The molecule has 31 heavy (non-hydrogen) atoms. The van der Waals surface area contributed by atoms with Crippen molar-refractivity contribution in [3.63, 3.8) is 0 Å². The zero-order valence-electron chi connectivity index (χ0n) is 19.1. The summed E-state index contributed by atoms with van der Waals surface area (Å²) in [7, 11) is 2.18. The molecule has 0 saturated heterocycles. The van der Waals surface area contributed by atoms with E-state index in [1.165, 1.54) is 18.1 Å². The van der Waals surface area contributed by atoms with Crippen LogP contribution in [0.2, 0.25) is 0 Å². The van der Waals surface area contributed by atoms with E-state index in [9.17, 15) is 8.78 Å². The number of hydrogen-bond donors (Lipinski definition) is 0. The van der Waals surface area contributed by atoms with Gasteiger partial charge in [-0.1, -0.05) is 54.6 Å². The van der Waals surface area contributed by atoms with Crippen LogP contribution < -0.4 is 0 Å². The quantitative estimate of drug-likeness (QED) is 0.472. The van der Waals surface area contributed by atoms with E-state index >= 15 is 0 Å². The van der Waals surface area contributed by atoms with Crippen LogP contribution in [-0.2, 0) is 12.8 Å². The number of halogens is 2. The van der Waals surface area contributed by atoms with Crippen molar-refractivity contribution in [1.29, 1.82) is 5.26 Å². The van der Waals surface area contributed by atoms with Gasteiger partial charge in [0, 0.05) is 25.4 Å². The Balaban J connectivity index is 0.00000107. The summed E-state index contributed by atoms with van der Waals surface area (Å²) in [6.07, 6.45) is 2.66. The van der Waals surface area contributed by atoms with Crippen LogP contribution >= 0.6 is 0 Å². The lowest BCUT2D eigenvalue weighted by Crippen LogP contribution is -2.31. The molecular weight excluding hydrogens is 390 g/mol. The largest absolute Gasteiger partial charge is 0.303 e. The molecule has 3 unspecified atom stereocenters. The fourth-order valence-electron chi connectivity index (χ4n) is 4.18. The fraction of sp³-hybridized carbons (Fsp3) is 0.519. The molecule has 2 aromatic rings. The average molecular weight is 427 g/mol. The molecule has 0 bridgehead atoms. The molecule has 1 aliphatic rings. The standard InChI is InChI=1S/C25H33F2N.C2H3N/c1-19(28(2)18-17-20-7-4-3-5-8-20)11-12-21-13-15-22(16-14-21)25-23(26)9-6-10-24(25)27;1-2-3/h3-5,7-8,13-16,19,23-25H,6,9-12,17-18H2,1-2H3;1H3. The van der Waals surface area contributed by atoms with Gasteiger partial charge < -0.3 is 4.90 Å². The van der Waals surface area contributed by atoms with Gasteiger partial charge in [0.25, 0.3) is 0 Å². The smallest absolute Gasteiger partial charge is 0.110 e. The number of benzene rings is 2. The van der Waals surface area contributed by atoms with Gasteiger partial charge in [-0.2, -0.15) is 5.26 Å². The van der Waals surface area contributed by atoms with E-state index in [4.69, 9.17) is 5.26 Å². The Morgan fingerprint density at radius 3 is 2.10 bits per heavy atom. The van der Waals surface area contributed by atoms with Crippen molar-refractivity contribution in [2.24, 2.45) is 0 Å². The van der Waals surface area contributed by atoms with Crippen LogP contribution in [0.25, 0.3) is 0 Å². The number of nitrogens with zero attached hydrogens (tertiary/aromatic N) is 2. The third-order valence-electron chi connectivity index (χ3n) is 6.30. The van der Waals surface area contributed by atoms with Crippen molar-refractivity contribution in [3.05, 3.63) is 71.3 Å². The van der Waals surface area contributed by atoms with Gasteiger partial charge in [-0.3, -0.25) is 0 Å². The van der Waals surface area contributed by atoms with Gasteiger partial charge in [0.1, 0.15) is 12.3 Å². The third kappa shape index (κ3) is 8.07. The molecule has 3 rings (SSSR count). The van der Waals surface area contributed by atoms with Crippen LogP contribution in [0.3, 0.4) is 0 Å². The second-order valence-corrected chi connectivity index (χ2v) is 8.56. The second-order valence-electron chi connectivity index (χ2n) is 8.56. The first-order chi connectivity index (χ1) is 15.0. The maximum Gasteiger partial charge on any atom is 0.110 e.